The Kier molecular flexibility index (Phi) is 7.82. The summed E-state index contributed by atoms with van der Waals surface area (Å²) in [6.45, 7) is 3.81. The van der Waals surface area contributed by atoms with Gasteiger partial charge in [-0.15, -0.1) is 5.10 Å². The van der Waals surface area contributed by atoms with E-state index in [1.165, 1.54) is 13.3 Å². The third-order valence-electron chi connectivity index (χ3n) is 4.84. The van der Waals surface area contributed by atoms with Crippen molar-refractivity contribution in [1.82, 2.24) is 10.2 Å². The summed E-state index contributed by atoms with van der Waals surface area (Å²) in [5.41, 5.74) is 0.771. The molecule has 2 saturated heterocycles. The van der Waals surface area contributed by atoms with Crippen molar-refractivity contribution in [1.29, 1.82) is 0 Å². The first-order valence-electron chi connectivity index (χ1n) is 9.85. The summed E-state index contributed by atoms with van der Waals surface area (Å²) in [7, 11) is 1.24. The first-order chi connectivity index (χ1) is 14.9. The number of hydrogen-bond acceptors (Lipinski definition) is 8. The second kappa shape index (κ2) is 10.8. The Hall–Kier alpha value is -3.14. The smallest absolute Gasteiger partial charge is 0.331 e. The molecule has 2 heterocycles. The maximum Gasteiger partial charge on any atom is 0.331 e. The number of amidine groups is 1. The Bertz CT molecular complexity index is 918. The minimum Gasteiger partial charge on any atom is -0.484 e. The van der Waals surface area contributed by atoms with Crippen molar-refractivity contribution in [2.45, 2.75) is 19.8 Å². The van der Waals surface area contributed by atoms with Gasteiger partial charge in [0.25, 0.3) is 11.8 Å². The number of likely N-dealkylation sites (tertiary alicyclic amines) is 1. The summed E-state index contributed by atoms with van der Waals surface area (Å²) < 4.78 is 10.1. The molecule has 2 fully saturated rings. The normalized spacial score (nSPS) is 19.8. The lowest BCUT2D eigenvalue weighted by molar-refractivity contribution is -0.135. The lowest BCUT2D eigenvalue weighted by atomic mass is 9.99. The molecule has 2 aliphatic heterocycles. The number of hydrogen-bond donors (Lipinski definition) is 1. The molecular formula is C21H24N4O5S. The maximum atomic E-state index is 12.2. The van der Waals surface area contributed by atoms with Crippen LogP contribution >= 0.6 is 11.8 Å². The molecule has 31 heavy (non-hydrogen) atoms. The van der Waals surface area contributed by atoms with Crippen molar-refractivity contribution in [2.24, 2.45) is 16.1 Å². The lowest BCUT2D eigenvalue weighted by Gasteiger charge is -2.30. The molecule has 0 aromatic heterocycles. The standard InChI is InChI=1S/C21H24N4O5S/c1-14-7-9-25(10-8-14)18(26)13-30-16-5-3-15(4-6-16)12-22-24-21-23-20(28)17(31-21)11-19(27)29-2/h3-6,11-12,14H,7-10,13H2,1-2H3,(H,23,24,28)/b17-11+,22-12?. The monoisotopic (exact) mass is 444 g/mol. The van der Waals surface area contributed by atoms with Gasteiger partial charge in [0.05, 0.1) is 18.2 Å². The number of nitrogens with zero attached hydrogens (tertiary/aromatic N) is 3. The molecule has 0 saturated carbocycles. The highest BCUT2D eigenvalue weighted by molar-refractivity contribution is 8.18. The van der Waals surface area contributed by atoms with Crippen LogP contribution in [0.1, 0.15) is 25.3 Å². The summed E-state index contributed by atoms with van der Waals surface area (Å²) in [6, 6.07) is 7.08. The topological polar surface area (TPSA) is 110 Å². The van der Waals surface area contributed by atoms with E-state index in [0.29, 0.717) is 11.7 Å². The molecule has 0 bridgehead atoms. The predicted molar refractivity (Wildman–Crippen MR) is 118 cm³/mol. The fourth-order valence-electron chi connectivity index (χ4n) is 2.93. The van der Waals surface area contributed by atoms with Gasteiger partial charge in [0.15, 0.2) is 11.8 Å². The van der Waals surface area contributed by atoms with E-state index in [9.17, 15) is 14.4 Å². The zero-order valence-corrected chi connectivity index (χ0v) is 18.2. The number of methoxy groups -OCH3 is 1. The maximum absolute atomic E-state index is 12.2. The van der Waals surface area contributed by atoms with Crippen molar-refractivity contribution in [3.8, 4) is 5.75 Å². The Morgan fingerprint density at radius 1 is 1.26 bits per heavy atom. The van der Waals surface area contributed by atoms with Gasteiger partial charge in [0.1, 0.15) is 5.75 Å². The summed E-state index contributed by atoms with van der Waals surface area (Å²) in [5.74, 6) is 0.228. The van der Waals surface area contributed by atoms with Crippen molar-refractivity contribution < 1.29 is 23.9 Å². The van der Waals surface area contributed by atoms with Crippen LogP contribution in [0.25, 0.3) is 0 Å². The number of benzene rings is 1. The molecule has 1 aromatic carbocycles. The van der Waals surface area contributed by atoms with Gasteiger partial charge in [-0.05, 0) is 60.4 Å². The second-order valence-electron chi connectivity index (χ2n) is 7.16. The van der Waals surface area contributed by atoms with Crippen LogP contribution < -0.4 is 10.1 Å². The quantitative estimate of drug-likeness (QED) is 0.311. The second-order valence-corrected chi connectivity index (χ2v) is 8.19. The van der Waals surface area contributed by atoms with E-state index < -0.39 is 11.9 Å². The highest BCUT2D eigenvalue weighted by Crippen LogP contribution is 2.23. The molecular weight excluding hydrogens is 420 g/mol. The van der Waals surface area contributed by atoms with Crippen LogP contribution in [0.5, 0.6) is 5.75 Å². The summed E-state index contributed by atoms with van der Waals surface area (Å²) in [6.07, 6.45) is 4.69. The number of amides is 2. The van der Waals surface area contributed by atoms with E-state index >= 15 is 0 Å². The molecule has 164 valence electrons. The predicted octanol–water partition coefficient (Wildman–Crippen LogP) is 1.93. The number of ether oxygens (including phenoxy) is 2. The highest BCUT2D eigenvalue weighted by Gasteiger charge is 2.25. The van der Waals surface area contributed by atoms with Crippen LogP contribution in [0.4, 0.5) is 0 Å². The van der Waals surface area contributed by atoms with Crippen LogP contribution in [0.15, 0.2) is 45.4 Å². The SMILES string of the molecule is COC(=O)/C=C1/S/C(=N\N=Cc2ccc(OCC(=O)N3CCC(C)CC3)cc2)NC1=O. The third-order valence-corrected chi connectivity index (χ3v) is 5.74. The zero-order valence-electron chi connectivity index (χ0n) is 17.4. The van der Waals surface area contributed by atoms with Crippen LogP contribution in [-0.4, -0.2) is 60.9 Å². The van der Waals surface area contributed by atoms with Crippen LogP contribution in [0, 0.1) is 5.92 Å². The van der Waals surface area contributed by atoms with Gasteiger partial charge in [-0.2, -0.15) is 5.10 Å². The molecule has 0 aliphatic carbocycles. The first kappa shape index (κ1) is 22.5. The Labute approximate surface area is 184 Å². The lowest BCUT2D eigenvalue weighted by Crippen LogP contribution is -2.40. The number of esters is 1. The molecule has 1 N–H and O–H groups in total. The molecule has 10 heteroatoms. The van der Waals surface area contributed by atoms with Gasteiger partial charge in [0, 0.05) is 19.2 Å². The highest BCUT2D eigenvalue weighted by atomic mass is 32.2. The minimum atomic E-state index is -0.614. The number of carbonyl (C=O) groups excluding carboxylic acids is 3. The van der Waals surface area contributed by atoms with Gasteiger partial charge in [-0.3, -0.25) is 14.9 Å². The van der Waals surface area contributed by atoms with E-state index in [1.54, 1.807) is 24.3 Å². The van der Waals surface area contributed by atoms with Gasteiger partial charge in [-0.25, -0.2) is 4.79 Å². The van der Waals surface area contributed by atoms with E-state index in [1.807, 2.05) is 4.90 Å². The number of nitrogens with one attached hydrogen (secondary N) is 1. The fraction of sp³-hybridized carbons (Fsp3) is 0.381. The van der Waals surface area contributed by atoms with E-state index in [4.69, 9.17) is 4.74 Å². The number of piperidine rings is 1. The van der Waals surface area contributed by atoms with Crippen LogP contribution in [0.3, 0.4) is 0 Å². The number of rotatable bonds is 6. The molecule has 0 radical (unpaired) electrons. The molecule has 2 aliphatic rings. The van der Waals surface area contributed by atoms with Crippen LogP contribution in [-0.2, 0) is 19.1 Å². The molecule has 2 amide bonds. The Morgan fingerprint density at radius 2 is 1.97 bits per heavy atom. The number of thioether (sulfide) groups is 1. The van der Waals surface area contributed by atoms with E-state index in [0.717, 1.165) is 49.3 Å². The summed E-state index contributed by atoms with van der Waals surface area (Å²) in [5, 5.41) is 10.7. The van der Waals surface area contributed by atoms with Crippen molar-refractivity contribution in [2.75, 3.05) is 26.8 Å². The van der Waals surface area contributed by atoms with Gasteiger partial charge < -0.3 is 14.4 Å². The number of carbonyl (C=O) groups is 3. The van der Waals surface area contributed by atoms with E-state index in [2.05, 4.69) is 27.2 Å². The van der Waals surface area contributed by atoms with Gasteiger partial charge in [0.2, 0.25) is 0 Å². The van der Waals surface area contributed by atoms with Crippen LogP contribution in [0.2, 0.25) is 0 Å². The Balaban J connectivity index is 1.48. The summed E-state index contributed by atoms with van der Waals surface area (Å²) >= 11 is 1.00. The first-order valence-corrected chi connectivity index (χ1v) is 10.7. The third kappa shape index (κ3) is 6.68. The average Bonchev–Trinajstić information content (AvgIpc) is 3.12. The molecule has 3 rings (SSSR count). The van der Waals surface area contributed by atoms with Gasteiger partial charge >= 0.3 is 5.97 Å². The minimum absolute atomic E-state index is 0.00472. The van der Waals surface area contributed by atoms with Crippen molar-refractivity contribution in [3.63, 3.8) is 0 Å². The average molecular weight is 445 g/mol. The van der Waals surface area contributed by atoms with Crippen molar-refractivity contribution in [3.05, 3.63) is 40.8 Å². The summed E-state index contributed by atoms with van der Waals surface area (Å²) in [4.78, 5) is 37.3. The Morgan fingerprint density at radius 3 is 2.65 bits per heavy atom. The van der Waals surface area contributed by atoms with Crippen molar-refractivity contribution >= 4 is 40.9 Å². The van der Waals surface area contributed by atoms with Gasteiger partial charge in [-0.1, -0.05) is 6.92 Å². The van der Waals surface area contributed by atoms with E-state index in [-0.39, 0.29) is 22.6 Å². The molecule has 0 unspecified atom stereocenters. The molecule has 1 aromatic rings. The zero-order chi connectivity index (χ0) is 22.2. The molecule has 0 atom stereocenters. The molecule has 9 nitrogen and oxygen atoms in total. The largest absolute Gasteiger partial charge is 0.484 e. The molecule has 0 spiro atoms. The fourth-order valence-corrected chi connectivity index (χ4v) is 3.67.